The minimum atomic E-state index is -1.57. The van der Waals surface area contributed by atoms with Gasteiger partial charge in [0.25, 0.3) is 0 Å². The van der Waals surface area contributed by atoms with Gasteiger partial charge in [-0.1, -0.05) is 0 Å². The van der Waals surface area contributed by atoms with Gasteiger partial charge in [-0.3, -0.25) is 14.4 Å². The Labute approximate surface area is 224 Å². The summed E-state index contributed by atoms with van der Waals surface area (Å²) in [6.07, 6.45) is -0.318. The van der Waals surface area contributed by atoms with E-state index < -0.39 is 59.8 Å². The normalized spacial score (nSPS) is 27.2. The summed E-state index contributed by atoms with van der Waals surface area (Å²) < 4.78 is 29.8. The van der Waals surface area contributed by atoms with Crippen molar-refractivity contribution in [2.24, 2.45) is 9.98 Å². The topological polar surface area (TPSA) is 171 Å². The van der Waals surface area contributed by atoms with E-state index >= 15 is 0 Å². The molecule has 4 heterocycles. The van der Waals surface area contributed by atoms with Crippen LogP contribution in [0.3, 0.4) is 0 Å². The molecule has 15 nitrogen and oxygen atoms in total. The first kappa shape index (κ1) is 28.0. The van der Waals surface area contributed by atoms with E-state index in [9.17, 15) is 19.2 Å². The van der Waals surface area contributed by atoms with Gasteiger partial charge < -0.3 is 33.7 Å². The van der Waals surface area contributed by atoms with Crippen molar-refractivity contribution in [3.63, 3.8) is 0 Å². The van der Waals surface area contributed by atoms with Crippen LogP contribution in [-0.2, 0) is 38.1 Å². The molecule has 5 atom stereocenters. The van der Waals surface area contributed by atoms with Crippen molar-refractivity contribution in [1.82, 2.24) is 20.3 Å². The SMILES string of the molecule is CC(=O)OC[C@H]1O[C@@H](n2cc3c4c2N=CN(C(=O)OC(C)(C)C)C4NNC=N3)[C@](C)(OC(C)=O)[C@@H]1OC(C)=O. The fourth-order valence-electron chi connectivity index (χ4n) is 4.69. The molecule has 0 aromatic carbocycles. The highest BCUT2D eigenvalue weighted by Gasteiger charge is 2.60. The zero-order valence-corrected chi connectivity index (χ0v) is 22.7. The average Bonchev–Trinajstić information content (AvgIpc) is 3.18. The molecule has 0 saturated carbocycles. The van der Waals surface area contributed by atoms with E-state index in [0.717, 1.165) is 0 Å². The summed E-state index contributed by atoms with van der Waals surface area (Å²) in [5.41, 5.74) is 4.43. The molecule has 212 valence electrons. The summed E-state index contributed by atoms with van der Waals surface area (Å²) in [5.74, 6) is -1.53. The third kappa shape index (κ3) is 5.59. The second-order valence-electron chi connectivity index (χ2n) is 10.4. The second-order valence-corrected chi connectivity index (χ2v) is 10.4. The van der Waals surface area contributed by atoms with Crippen LogP contribution in [0.1, 0.15) is 66.4 Å². The minimum Gasteiger partial charge on any atom is -0.463 e. The van der Waals surface area contributed by atoms with E-state index in [1.807, 2.05) is 0 Å². The van der Waals surface area contributed by atoms with Crippen molar-refractivity contribution in [2.45, 2.75) is 84.3 Å². The number of amides is 1. The molecule has 1 unspecified atom stereocenters. The quantitative estimate of drug-likeness (QED) is 0.406. The van der Waals surface area contributed by atoms with Crippen LogP contribution in [0.2, 0.25) is 0 Å². The van der Waals surface area contributed by atoms with Gasteiger partial charge in [-0.05, 0) is 27.7 Å². The maximum atomic E-state index is 13.0. The molecule has 1 amide bonds. The number of rotatable bonds is 5. The maximum Gasteiger partial charge on any atom is 0.417 e. The van der Waals surface area contributed by atoms with E-state index in [1.165, 1.54) is 38.3 Å². The molecule has 0 radical (unpaired) electrons. The zero-order chi connectivity index (χ0) is 28.7. The molecular formula is C24H32N6O9. The van der Waals surface area contributed by atoms with Crippen molar-refractivity contribution in [3.05, 3.63) is 11.8 Å². The van der Waals surface area contributed by atoms with Crippen molar-refractivity contribution in [3.8, 4) is 0 Å². The number of hydrogen-bond donors (Lipinski definition) is 2. The Morgan fingerprint density at radius 2 is 1.82 bits per heavy atom. The number of aliphatic imine (C=N–C) groups is 2. The molecule has 1 aromatic heterocycles. The Hall–Kier alpha value is -3.98. The summed E-state index contributed by atoms with van der Waals surface area (Å²) in [6.45, 7) is 10.2. The summed E-state index contributed by atoms with van der Waals surface area (Å²) in [7, 11) is 0. The van der Waals surface area contributed by atoms with Crippen LogP contribution in [0.15, 0.2) is 16.2 Å². The third-order valence-corrected chi connectivity index (χ3v) is 6.03. The molecule has 3 aliphatic heterocycles. The van der Waals surface area contributed by atoms with Gasteiger partial charge >= 0.3 is 24.0 Å². The van der Waals surface area contributed by atoms with Crippen LogP contribution in [-0.4, -0.2) is 76.2 Å². The molecule has 4 rings (SSSR count). The van der Waals surface area contributed by atoms with E-state index in [2.05, 4.69) is 20.8 Å². The Morgan fingerprint density at radius 1 is 1.10 bits per heavy atom. The fraction of sp³-hybridized carbons (Fsp3) is 0.583. The van der Waals surface area contributed by atoms with Crippen molar-refractivity contribution >= 4 is 48.2 Å². The molecule has 0 bridgehead atoms. The van der Waals surface area contributed by atoms with Crippen LogP contribution in [0.25, 0.3) is 0 Å². The lowest BCUT2D eigenvalue weighted by atomic mass is 9.95. The highest BCUT2D eigenvalue weighted by atomic mass is 16.7. The summed E-state index contributed by atoms with van der Waals surface area (Å²) in [5, 5.41) is 0. The summed E-state index contributed by atoms with van der Waals surface area (Å²) >= 11 is 0. The molecule has 1 fully saturated rings. The Bertz CT molecular complexity index is 1240. The van der Waals surface area contributed by atoms with E-state index in [4.69, 9.17) is 23.7 Å². The number of hydrogen-bond acceptors (Lipinski definition) is 13. The van der Waals surface area contributed by atoms with Crippen LogP contribution in [0, 0.1) is 0 Å². The van der Waals surface area contributed by atoms with Crippen LogP contribution in [0.4, 0.5) is 16.3 Å². The number of nitrogens with zero attached hydrogens (tertiary/aromatic N) is 4. The van der Waals surface area contributed by atoms with Gasteiger partial charge in [0.1, 0.15) is 43.0 Å². The predicted molar refractivity (Wildman–Crippen MR) is 134 cm³/mol. The lowest BCUT2D eigenvalue weighted by Gasteiger charge is -2.35. The first-order valence-corrected chi connectivity index (χ1v) is 12.2. The number of hydrazine groups is 1. The number of aromatic nitrogens is 1. The largest absolute Gasteiger partial charge is 0.463 e. The monoisotopic (exact) mass is 548 g/mol. The standard InChI is InChI=1S/C24H32N6O9/c1-12(31)35-9-16-18(36-13(2)32)24(7,38-14(3)33)21(37-16)29-8-15-17-19(29)26-11-30(20(17)28-27-10-25-15)22(34)39-23(4,5)6/h8,10-11,16,18,20-21,28H,9H2,1-7H3,(H,25,27)/t16-,18-,20?,21-,24-/m1/s1. The van der Waals surface area contributed by atoms with Crippen molar-refractivity contribution < 1.29 is 42.9 Å². The lowest BCUT2D eigenvalue weighted by Crippen LogP contribution is -2.50. The maximum absolute atomic E-state index is 13.0. The molecule has 3 aliphatic rings. The van der Waals surface area contributed by atoms with E-state index in [0.29, 0.717) is 17.1 Å². The molecule has 1 saturated heterocycles. The van der Waals surface area contributed by atoms with Gasteiger partial charge in [-0.15, -0.1) is 0 Å². The van der Waals surface area contributed by atoms with Crippen LogP contribution < -0.4 is 10.9 Å². The van der Waals surface area contributed by atoms with Gasteiger partial charge in [0.05, 0.1) is 11.3 Å². The van der Waals surface area contributed by atoms with Gasteiger partial charge in [-0.25, -0.2) is 25.1 Å². The number of ether oxygens (including phenoxy) is 5. The van der Waals surface area contributed by atoms with Gasteiger partial charge in [0.15, 0.2) is 17.9 Å². The van der Waals surface area contributed by atoms with Crippen LogP contribution in [0.5, 0.6) is 0 Å². The molecule has 39 heavy (non-hydrogen) atoms. The first-order chi connectivity index (χ1) is 18.2. The Balaban J connectivity index is 1.80. The lowest BCUT2D eigenvalue weighted by molar-refractivity contribution is -0.184. The summed E-state index contributed by atoms with van der Waals surface area (Å²) in [4.78, 5) is 58.9. The van der Waals surface area contributed by atoms with E-state index in [1.54, 1.807) is 38.5 Å². The average molecular weight is 549 g/mol. The molecule has 0 spiro atoms. The Kier molecular flexibility index (Phi) is 7.40. The van der Waals surface area contributed by atoms with Gasteiger partial charge in [0.2, 0.25) is 0 Å². The third-order valence-electron chi connectivity index (χ3n) is 6.03. The fourth-order valence-corrected chi connectivity index (χ4v) is 4.69. The smallest absolute Gasteiger partial charge is 0.417 e. The van der Waals surface area contributed by atoms with Gasteiger partial charge in [0, 0.05) is 27.0 Å². The predicted octanol–water partition coefficient (Wildman–Crippen LogP) is 1.88. The number of carbonyl (C=O) groups is 4. The van der Waals surface area contributed by atoms with E-state index in [-0.39, 0.29) is 6.61 Å². The summed E-state index contributed by atoms with van der Waals surface area (Å²) in [6, 6.07) is 0. The molecule has 1 aromatic rings. The highest BCUT2D eigenvalue weighted by molar-refractivity contribution is 5.88. The first-order valence-electron chi connectivity index (χ1n) is 12.2. The molecule has 0 aliphatic carbocycles. The number of nitrogens with one attached hydrogen (secondary N) is 2. The number of esters is 3. The molecule has 15 heteroatoms. The molecule has 2 N–H and O–H groups in total. The minimum absolute atomic E-state index is 0.265. The second kappa shape index (κ2) is 10.3. The van der Waals surface area contributed by atoms with Crippen molar-refractivity contribution in [2.75, 3.05) is 6.61 Å². The zero-order valence-electron chi connectivity index (χ0n) is 22.7. The van der Waals surface area contributed by atoms with Crippen LogP contribution >= 0.6 is 0 Å². The highest BCUT2D eigenvalue weighted by Crippen LogP contribution is 2.49. The number of carbonyl (C=O) groups excluding carboxylic acids is 4. The van der Waals surface area contributed by atoms with Crippen molar-refractivity contribution in [1.29, 1.82) is 0 Å². The van der Waals surface area contributed by atoms with Gasteiger partial charge in [-0.2, -0.15) is 0 Å². The Morgan fingerprint density at radius 3 is 2.44 bits per heavy atom. The molecular weight excluding hydrogens is 516 g/mol.